The van der Waals surface area contributed by atoms with Gasteiger partial charge in [0.05, 0.1) is 12.5 Å². The Morgan fingerprint density at radius 3 is 2.48 bits per heavy atom. The Labute approximate surface area is 134 Å². The fraction of sp³-hybridized carbons (Fsp3) is 0.588. The smallest absolute Gasteiger partial charge is 0.349 e. The van der Waals surface area contributed by atoms with Crippen LogP contribution in [0.25, 0.3) is 0 Å². The highest BCUT2D eigenvalue weighted by atomic mass is 19.4. The summed E-state index contributed by atoms with van der Waals surface area (Å²) in [7, 11) is 0. The van der Waals surface area contributed by atoms with Gasteiger partial charge in [-0.3, -0.25) is 4.79 Å². The number of carbonyl (C=O) groups excluding carboxylic acids is 1. The van der Waals surface area contributed by atoms with Crippen molar-refractivity contribution in [2.45, 2.75) is 44.3 Å². The van der Waals surface area contributed by atoms with Gasteiger partial charge >= 0.3 is 6.18 Å². The summed E-state index contributed by atoms with van der Waals surface area (Å²) >= 11 is 0. The summed E-state index contributed by atoms with van der Waals surface area (Å²) in [5.41, 5.74) is 0.486. The minimum absolute atomic E-state index is 0.284. The number of amides is 1. The molecule has 23 heavy (non-hydrogen) atoms. The van der Waals surface area contributed by atoms with Crippen molar-refractivity contribution in [3.63, 3.8) is 0 Å². The lowest BCUT2D eigenvalue weighted by Crippen LogP contribution is -2.33. The SMILES string of the molecule is O=C(CCC1CCNCC1)NC(CC(F)(F)F)c1ccccc1. The van der Waals surface area contributed by atoms with Crippen molar-refractivity contribution in [1.29, 1.82) is 0 Å². The third-order valence-corrected chi connectivity index (χ3v) is 4.21. The minimum atomic E-state index is -4.32. The second-order valence-electron chi connectivity index (χ2n) is 6.08. The summed E-state index contributed by atoms with van der Waals surface area (Å²) < 4.78 is 38.3. The van der Waals surface area contributed by atoms with Gasteiger partial charge in [0.2, 0.25) is 5.91 Å². The highest BCUT2D eigenvalue weighted by Gasteiger charge is 2.33. The fourth-order valence-corrected chi connectivity index (χ4v) is 2.94. The summed E-state index contributed by atoms with van der Waals surface area (Å²) in [6.07, 6.45) is -2.29. The largest absolute Gasteiger partial charge is 0.391 e. The number of alkyl halides is 3. The quantitative estimate of drug-likeness (QED) is 0.838. The Hall–Kier alpha value is -1.56. The van der Waals surface area contributed by atoms with Crippen LogP contribution in [0.15, 0.2) is 30.3 Å². The predicted octanol–water partition coefficient (Wildman–Crippen LogP) is 3.58. The first-order valence-corrected chi connectivity index (χ1v) is 8.06. The molecule has 1 amide bonds. The lowest BCUT2D eigenvalue weighted by atomic mass is 9.93. The number of carbonyl (C=O) groups is 1. The lowest BCUT2D eigenvalue weighted by Gasteiger charge is -2.24. The standard InChI is InChI=1S/C17H23F3N2O/c18-17(19,20)12-15(14-4-2-1-3-5-14)22-16(23)7-6-13-8-10-21-11-9-13/h1-5,13,15,21H,6-12H2,(H,22,23). The molecule has 0 aromatic heterocycles. The van der Waals surface area contributed by atoms with E-state index in [4.69, 9.17) is 0 Å². The first-order valence-electron chi connectivity index (χ1n) is 8.06. The molecule has 1 unspecified atom stereocenters. The van der Waals surface area contributed by atoms with E-state index in [1.165, 1.54) is 0 Å². The Bertz CT molecular complexity index is 484. The molecular weight excluding hydrogens is 305 g/mol. The maximum Gasteiger partial charge on any atom is 0.391 e. The van der Waals surface area contributed by atoms with Crippen LogP contribution in [-0.4, -0.2) is 25.2 Å². The van der Waals surface area contributed by atoms with Crippen LogP contribution in [0, 0.1) is 5.92 Å². The number of rotatable bonds is 6. The van der Waals surface area contributed by atoms with Crippen molar-refractivity contribution >= 4 is 5.91 Å². The summed E-state index contributed by atoms with van der Waals surface area (Å²) in [6.45, 7) is 1.90. The van der Waals surface area contributed by atoms with E-state index in [0.717, 1.165) is 32.4 Å². The number of nitrogens with one attached hydrogen (secondary N) is 2. The Morgan fingerprint density at radius 1 is 1.22 bits per heavy atom. The van der Waals surface area contributed by atoms with Gasteiger partial charge in [-0.2, -0.15) is 13.2 Å². The molecular formula is C17H23F3N2O. The molecule has 2 rings (SSSR count). The molecule has 2 N–H and O–H groups in total. The normalized spacial score (nSPS) is 17.7. The van der Waals surface area contributed by atoms with Crippen LogP contribution >= 0.6 is 0 Å². The van der Waals surface area contributed by atoms with Crippen LogP contribution in [0.4, 0.5) is 13.2 Å². The summed E-state index contributed by atoms with van der Waals surface area (Å²) in [4.78, 5) is 12.1. The second kappa shape index (κ2) is 8.34. The van der Waals surface area contributed by atoms with Crippen LogP contribution < -0.4 is 10.6 Å². The minimum Gasteiger partial charge on any atom is -0.349 e. The van der Waals surface area contributed by atoms with Crippen molar-refractivity contribution < 1.29 is 18.0 Å². The fourth-order valence-electron chi connectivity index (χ4n) is 2.94. The molecule has 1 fully saturated rings. The van der Waals surface area contributed by atoms with Gasteiger partial charge in [-0.1, -0.05) is 30.3 Å². The third kappa shape index (κ3) is 6.60. The molecule has 0 radical (unpaired) electrons. The maximum atomic E-state index is 12.8. The molecule has 1 aromatic rings. The van der Waals surface area contributed by atoms with Gasteiger partial charge in [0, 0.05) is 6.42 Å². The lowest BCUT2D eigenvalue weighted by molar-refractivity contribution is -0.143. The topological polar surface area (TPSA) is 41.1 Å². The highest BCUT2D eigenvalue weighted by molar-refractivity contribution is 5.76. The van der Waals surface area contributed by atoms with Crippen molar-refractivity contribution in [3.8, 4) is 0 Å². The van der Waals surface area contributed by atoms with Gasteiger partial charge in [0.15, 0.2) is 0 Å². The Balaban J connectivity index is 1.89. The first kappa shape index (κ1) is 17.8. The van der Waals surface area contributed by atoms with E-state index in [2.05, 4.69) is 10.6 Å². The molecule has 0 aliphatic carbocycles. The van der Waals surface area contributed by atoms with E-state index in [0.29, 0.717) is 11.5 Å². The zero-order valence-corrected chi connectivity index (χ0v) is 13.0. The molecule has 1 aliphatic rings. The molecule has 1 atom stereocenters. The molecule has 1 aliphatic heterocycles. The van der Waals surface area contributed by atoms with Gasteiger partial charge in [0.25, 0.3) is 0 Å². The van der Waals surface area contributed by atoms with Crippen molar-refractivity contribution in [1.82, 2.24) is 10.6 Å². The first-order chi connectivity index (χ1) is 10.9. The second-order valence-corrected chi connectivity index (χ2v) is 6.08. The van der Waals surface area contributed by atoms with Crippen LogP contribution in [0.2, 0.25) is 0 Å². The van der Waals surface area contributed by atoms with Gasteiger partial charge in [-0.25, -0.2) is 0 Å². The zero-order chi connectivity index (χ0) is 16.7. The molecule has 6 heteroatoms. The van der Waals surface area contributed by atoms with Gasteiger partial charge in [-0.15, -0.1) is 0 Å². The zero-order valence-electron chi connectivity index (χ0n) is 13.0. The third-order valence-electron chi connectivity index (χ3n) is 4.21. The van der Waals surface area contributed by atoms with E-state index in [1.807, 2.05) is 0 Å². The average Bonchev–Trinajstić information content (AvgIpc) is 2.53. The molecule has 1 aromatic carbocycles. The summed E-state index contributed by atoms with van der Waals surface area (Å²) in [6, 6.07) is 7.32. The number of benzene rings is 1. The van der Waals surface area contributed by atoms with Crippen molar-refractivity contribution in [2.24, 2.45) is 5.92 Å². The van der Waals surface area contributed by atoms with Crippen LogP contribution in [0.5, 0.6) is 0 Å². The number of hydrogen-bond donors (Lipinski definition) is 2. The van der Waals surface area contributed by atoms with Crippen molar-refractivity contribution in [3.05, 3.63) is 35.9 Å². The average molecular weight is 328 g/mol. The molecule has 0 saturated carbocycles. The highest BCUT2D eigenvalue weighted by Crippen LogP contribution is 2.29. The van der Waals surface area contributed by atoms with E-state index in [1.54, 1.807) is 30.3 Å². The molecule has 1 saturated heterocycles. The van der Waals surface area contributed by atoms with Crippen LogP contribution in [0.3, 0.4) is 0 Å². The monoisotopic (exact) mass is 328 g/mol. The van der Waals surface area contributed by atoms with Crippen molar-refractivity contribution in [2.75, 3.05) is 13.1 Å². The van der Waals surface area contributed by atoms with E-state index < -0.39 is 18.6 Å². The summed E-state index contributed by atoms with van der Waals surface area (Å²) in [5.74, 6) is 0.182. The van der Waals surface area contributed by atoms with Gasteiger partial charge < -0.3 is 10.6 Å². The van der Waals surface area contributed by atoms with Crippen LogP contribution in [0.1, 0.15) is 43.7 Å². The van der Waals surface area contributed by atoms with Crippen LogP contribution in [-0.2, 0) is 4.79 Å². The molecule has 0 spiro atoms. The molecule has 128 valence electrons. The number of halogens is 3. The maximum absolute atomic E-state index is 12.8. The van der Waals surface area contributed by atoms with E-state index in [9.17, 15) is 18.0 Å². The molecule has 1 heterocycles. The van der Waals surface area contributed by atoms with E-state index in [-0.39, 0.29) is 12.3 Å². The van der Waals surface area contributed by atoms with E-state index >= 15 is 0 Å². The molecule has 3 nitrogen and oxygen atoms in total. The van der Waals surface area contributed by atoms with Gasteiger partial charge in [0.1, 0.15) is 0 Å². The number of piperidine rings is 1. The van der Waals surface area contributed by atoms with Gasteiger partial charge in [-0.05, 0) is 43.8 Å². The predicted molar refractivity (Wildman–Crippen MR) is 82.8 cm³/mol. The molecule has 0 bridgehead atoms. The Kier molecular flexibility index (Phi) is 6.45. The Morgan fingerprint density at radius 2 is 1.87 bits per heavy atom. The summed E-state index contributed by atoms with van der Waals surface area (Å²) in [5, 5.41) is 5.81. The number of hydrogen-bond acceptors (Lipinski definition) is 2.